The van der Waals surface area contributed by atoms with E-state index in [9.17, 15) is 14.4 Å². The molecule has 3 amide bonds. The second-order valence-electron chi connectivity index (χ2n) is 7.81. The summed E-state index contributed by atoms with van der Waals surface area (Å²) in [6.45, 7) is 7.20. The van der Waals surface area contributed by atoms with Gasteiger partial charge >= 0.3 is 0 Å². The number of hydrogen-bond donors (Lipinski definition) is 1. The van der Waals surface area contributed by atoms with Crippen LogP contribution in [0, 0.1) is 13.8 Å². The Kier molecular flexibility index (Phi) is 5.68. The zero-order valence-electron chi connectivity index (χ0n) is 18.3. The van der Waals surface area contributed by atoms with Crippen LogP contribution in [0.25, 0.3) is 0 Å². The monoisotopic (exact) mass is 452 g/mol. The van der Waals surface area contributed by atoms with Crippen molar-refractivity contribution in [2.75, 3.05) is 18.1 Å². The van der Waals surface area contributed by atoms with Crippen LogP contribution in [0.5, 0.6) is 5.75 Å². The van der Waals surface area contributed by atoms with Crippen molar-refractivity contribution in [3.8, 4) is 5.75 Å². The summed E-state index contributed by atoms with van der Waals surface area (Å²) < 4.78 is 5.87. The van der Waals surface area contributed by atoms with E-state index >= 15 is 0 Å². The summed E-state index contributed by atoms with van der Waals surface area (Å²) in [5, 5.41) is 8.27. The second-order valence-corrected chi connectivity index (χ2v) is 8.99. The van der Waals surface area contributed by atoms with Crippen molar-refractivity contribution in [2.45, 2.75) is 32.6 Å². The lowest BCUT2D eigenvalue weighted by Gasteiger charge is -2.29. The smallest absolute Gasteiger partial charge is 0.270 e. The Labute approximate surface area is 190 Å². The lowest BCUT2D eigenvalue weighted by Crippen LogP contribution is -2.49. The number of hydrogen-bond acceptors (Lipinski definition) is 6. The average Bonchev–Trinajstić information content (AvgIpc) is 3.20. The quantitative estimate of drug-likeness (QED) is 0.770. The number of anilines is 1. The number of rotatable bonds is 4. The van der Waals surface area contributed by atoms with Gasteiger partial charge in [-0.1, -0.05) is 29.8 Å². The van der Waals surface area contributed by atoms with Crippen LogP contribution in [0.4, 0.5) is 5.69 Å². The zero-order valence-corrected chi connectivity index (χ0v) is 19.2. The Morgan fingerprint density at radius 3 is 2.56 bits per heavy atom. The van der Waals surface area contributed by atoms with Gasteiger partial charge in [0.05, 0.1) is 12.2 Å². The summed E-state index contributed by atoms with van der Waals surface area (Å²) in [6, 6.07) is 13.4. The molecule has 0 bridgehead atoms. The third-order valence-electron chi connectivity index (χ3n) is 5.23. The third kappa shape index (κ3) is 3.73. The van der Waals surface area contributed by atoms with E-state index in [-0.39, 0.29) is 23.6 Å². The van der Waals surface area contributed by atoms with Crippen molar-refractivity contribution in [1.82, 2.24) is 10.3 Å². The molecule has 1 spiro atoms. The van der Waals surface area contributed by atoms with Crippen LogP contribution in [0.15, 0.2) is 47.6 Å². The minimum absolute atomic E-state index is 0.214. The molecule has 1 atom stereocenters. The van der Waals surface area contributed by atoms with Crippen LogP contribution in [0.3, 0.4) is 0 Å². The second kappa shape index (κ2) is 8.31. The van der Waals surface area contributed by atoms with E-state index in [4.69, 9.17) is 4.74 Å². The normalized spacial score (nSPS) is 19.2. The standard InChI is InChI=1S/C23H24N4O4S/c1-14-6-5-7-18(12-14)31-11-10-26-20-9-8-15(2)13-19(20)23(21(26)30)27(17(4)29)25-22(32-23)24-16(3)28/h5-9,12-13H,10-11H2,1-4H3,(H,24,25,28)/t23-/m0/s1. The summed E-state index contributed by atoms with van der Waals surface area (Å²) in [5.41, 5.74) is 3.40. The van der Waals surface area contributed by atoms with E-state index in [1.54, 1.807) is 4.90 Å². The van der Waals surface area contributed by atoms with Crippen molar-refractivity contribution >= 4 is 40.3 Å². The first-order chi connectivity index (χ1) is 15.2. The number of amidine groups is 1. The van der Waals surface area contributed by atoms with Crippen molar-refractivity contribution in [2.24, 2.45) is 5.10 Å². The molecule has 0 saturated heterocycles. The minimum atomic E-state index is -1.39. The molecule has 2 aromatic rings. The molecule has 0 radical (unpaired) electrons. The van der Waals surface area contributed by atoms with Crippen LogP contribution in [-0.4, -0.2) is 41.0 Å². The molecule has 9 heteroatoms. The summed E-state index contributed by atoms with van der Waals surface area (Å²) in [7, 11) is 0. The third-order valence-corrected chi connectivity index (χ3v) is 6.47. The van der Waals surface area contributed by atoms with Crippen molar-refractivity contribution < 1.29 is 19.1 Å². The van der Waals surface area contributed by atoms with Crippen LogP contribution in [0.2, 0.25) is 0 Å². The average molecular weight is 453 g/mol. The van der Waals surface area contributed by atoms with E-state index in [0.717, 1.165) is 28.6 Å². The number of carbonyl (C=O) groups excluding carboxylic acids is 3. The Balaban J connectivity index is 1.66. The predicted molar refractivity (Wildman–Crippen MR) is 123 cm³/mol. The minimum Gasteiger partial charge on any atom is -0.492 e. The molecule has 0 aromatic heterocycles. The molecule has 2 aliphatic heterocycles. The molecule has 0 saturated carbocycles. The summed E-state index contributed by atoms with van der Waals surface area (Å²) in [5.74, 6) is -0.283. The van der Waals surface area contributed by atoms with E-state index in [2.05, 4.69) is 10.4 Å². The number of aryl methyl sites for hydroxylation is 2. The number of nitrogens with zero attached hydrogens (tertiary/aromatic N) is 3. The van der Waals surface area contributed by atoms with Crippen LogP contribution >= 0.6 is 11.8 Å². The maximum atomic E-state index is 13.8. The van der Waals surface area contributed by atoms with Crippen molar-refractivity contribution in [3.63, 3.8) is 0 Å². The zero-order chi connectivity index (χ0) is 23.0. The first-order valence-electron chi connectivity index (χ1n) is 10.2. The van der Waals surface area contributed by atoms with Gasteiger partial charge in [-0.3, -0.25) is 14.4 Å². The molecule has 32 heavy (non-hydrogen) atoms. The van der Waals surface area contributed by atoms with Gasteiger partial charge in [0.25, 0.3) is 5.91 Å². The molecular weight excluding hydrogens is 428 g/mol. The molecule has 8 nitrogen and oxygen atoms in total. The van der Waals surface area contributed by atoms with Gasteiger partial charge in [0.1, 0.15) is 12.4 Å². The largest absolute Gasteiger partial charge is 0.492 e. The highest BCUT2D eigenvalue weighted by Crippen LogP contribution is 2.54. The van der Waals surface area contributed by atoms with E-state index < -0.39 is 10.8 Å². The highest BCUT2D eigenvalue weighted by Gasteiger charge is 2.61. The first kappa shape index (κ1) is 21.9. The molecule has 4 rings (SSSR count). The first-order valence-corrected chi connectivity index (χ1v) is 11.0. The maximum absolute atomic E-state index is 13.8. The Hall–Kier alpha value is -3.33. The summed E-state index contributed by atoms with van der Waals surface area (Å²) in [6.07, 6.45) is 0. The molecule has 2 heterocycles. The Morgan fingerprint density at radius 1 is 1.12 bits per heavy atom. The number of nitrogens with one attached hydrogen (secondary N) is 1. The fourth-order valence-electron chi connectivity index (χ4n) is 3.91. The summed E-state index contributed by atoms with van der Waals surface area (Å²) >= 11 is 1.07. The van der Waals surface area contributed by atoms with E-state index in [1.165, 1.54) is 18.9 Å². The predicted octanol–water partition coefficient (Wildman–Crippen LogP) is 2.88. The molecule has 0 aliphatic carbocycles. The lowest BCUT2D eigenvalue weighted by molar-refractivity contribution is -0.139. The number of ether oxygens (including phenoxy) is 1. The molecule has 1 N–H and O–H groups in total. The molecule has 2 aromatic carbocycles. The van der Waals surface area contributed by atoms with Gasteiger partial charge in [-0.25, -0.2) is 0 Å². The van der Waals surface area contributed by atoms with Gasteiger partial charge in [0.2, 0.25) is 16.7 Å². The highest BCUT2D eigenvalue weighted by atomic mass is 32.2. The van der Waals surface area contributed by atoms with Gasteiger partial charge in [-0.2, -0.15) is 5.01 Å². The Morgan fingerprint density at radius 2 is 1.88 bits per heavy atom. The Bertz CT molecular complexity index is 1150. The molecule has 0 unspecified atom stereocenters. The number of benzene rings is 2. The van der Waals surface area contributed by atoms with Gasteiger partial charge in [0, 0.05) is 19.4 Å². The van der Waals surface area contributed by atoms with Crippen molar-refractivity contribution in [1.29, 1.82) is 0 Å². The van der Waals surface area contributed by atoms with Gasteiger partial charge in [-0.15, -0.1) is 5.10 Å². The van der Waals surface area contributed by atoms with Crippen LogP contribution in [-0.2, 0) is 19.3 Å². The number of hydrazone groups is 1. The topological polar surface area (TPSA) is 91.3 Å². The number of carbonyl (C=O) groups is 3. The SMILES string of the molecule is CC(=O)NC1=NN(C(C)=O)[C@@]2(S1)C(=O)N(CCOc1cccc(C)c1)c1ccc(C)cc12. The van der Waals surface area contributed by atoms with Crippen LogP contribution < -0.4 is 15.0 Å². The van der Waals surface area contributed by atoms with Gasteiger partial charge in [0.15, 0.2) is 5.17 Å². The fraction of sp³-hybridized carbons (Fsp3) is 0.304. The lowest BCUT2D eigenvalue weighted by atomic mass is 10.0. The number of fused-ring (bicyclic) bond motifs is 2. The molecule has 0 fully saturated rings. The molecule has 2 aliphatic rings. The summed E-state index contributed by atoms with van der Waals surface area (Å²) in [4.78, 5) is 38.2. The van der Waals surface area contributed by atoms with Crippen LogP contribution in [0.1, 0.15) is 30.5 Å². The van der Waals surface area contributed by atoms with Crippen molar-refractivity contribution in [3.05, 3.63) is 59.2 Å². The maximum Gasteiger partial charge on any atom is 0.270 e. The fourth-order valence-corrected chi connectivity index (χ4v) is 5.23. The van der Waals surface area contributed by atoms with E-state index in [0.29, 0.717) is 17.8 Å². The molecular formula is C23H24N4O4S. The number of thioether (sulfide) groups is 1. The highest BCUT2D eigenvalue weighted by molar-refractivity contribution is 8.15. The number of amides is 3. The molecule has 166 valence electrons. The van der Waals surface area contributed by atoms with E-state index in [1.807, 2.05) is 56.3 Å². The van der Waals surface area contributed by atoms with Gasteiger partial charge in [-0.05, 0) is 49.4 Å². The van der Waals surface area contributed by atoms with Gasteiger partial charge < -0.3 is 15.0 Å².